The van der Waals surface area contributed by atoms with Gasteiger partial charge >= 0.3 is 5.97 Å². The molecule has 2 rings (SSSR count). The van der Waals surface area contributed by atoms with Crippen LogP contribution < -0.4 is 5.32 Å². The number of benzene rings is 1. The molecule has 0 atom stereocenters. The molecule has 0 bridgehead atoms. The van der Waals surface area contributed by atoms with Crippen molar-refractivity contribution in [2.45, 2.75) is 51.0 Å². The number of aliphatic carboxylic acids is 1. The molecule has 21 heavy (non-hydrogen) atoms. The van der Waals surface area contributed by atoms with Crippen LogP contribution in [0.2, 0.25) is 0 Å². The van der Waals surface area contributed by atoms with Crippen LogP contribution in [0, 0.1) is 6.92 Å². The lowest BCUT2D eigenvalue weighted by atomic mass is 9.89. The summed E-state index contributed by atoms with van der Waals surface area (Å²) in [6.07, 6.45) is 4.73. The van der Waals surface area contributed by atoms with E-state index in [0.29, 0.717) is 18.4 Å². The number of aryl methyl sites for hydroxylation is 1. The Morgan fingerprint density at radius 1 is 1.14 bits per heavy atom. The molecule has 0 spiro atoms. The smallest absolute Gasteiger partial charge is 0.329 e. The number of nitrogens with one attached hydrogen (secondary N) is 1. The first-order valence-electron chi connectivity index (χ1n) is 7.26. The third-order valence-corrected chi connectivity index (χ3v) is 4.48. The molecule has 1 aliphatic rings. The summed E-state index contributed by atoms with van der Waals surface area (Å²) in [6.45, 7) is 1.90. The van der Waals surface area contributed by atoms with Crippen molar-refractivity contribution < 1.29 is 14.7 Å². The highest BCUT2D eigenvalue weighted by molar-refractivity contribution is 9.10. The monoisotopic (exact) mass is 353 g/mol. The SMILES string of the molecule is Cc1cc(Br)cc(C(=O)NC2(C(=O)O)CCCCCC2)c1. The summed E-state index contributed by atoms with van der Waals surface area (Å²) in [4.78, 5) is 24.1. The standard InChI is InChI=1S/C16H20BrNO3/c1-11-8-12(10-13(17)9-11)14(19)18-16(15(20)21)6-4-2-3-5-7-16/h8-10H,2-7H2,1H3,(H,18,19)(H,20,21). The van der Waals surface area contributed by atoms with Gasteiger partial charge in [0, 0.05) is 10.0 Å². The lowest BCUT2D eigenvalue weighted by Crippen LogP contribution is -2.54. The first-order chi connectivity index (χ1) is 9.93. The maximum Gasteiger partial charge on any atom is 0.329 e. The summed E-state index contributed by atoms with van der Waals surface area (Å²) >= 11 is 3.37. The van der Waals surface area contributed by atoms with E-state index >= 15 is 0 Å². The molecular weight excluding hydrogens is 334 g/mol. The molecular formula is C16H20BrNO3. The van der Waals surface area contributed by atoms with Crippen molar-refractivity contribution in [3.63, 3.8) is 0 Å². The molecule has 5 heteroatoms. The van der Waals surface area contributed by atoms with Crippen LogP contribution >= 0.6 is 15.9 Å². The van der Waals surface area contributed by atoms with Gasteiger partial charge in [0.25, 0.3) is 5.91 Å². The normalized spacial score (nSPS) is 17.8. The van der Waals surface area contributed by atoms with Crippen LogP contribution in [-0.2, 0) is 4.79 Å². The topological polar surface area (TPSA) is 66.4 Å². The Morgan fingerprint density at radius 2 is 1.76 bits per heavy atom. The molecule has 1 saturated carbocycles. The van der Waals surface area contributed by atoms with E-state index in [9.17, 15) is 14.7 Å². The third-order valence-electron chi connectivity index (χ3n) is 4.02. The van der Waals surface area contributed by atoms with Crippen LogP contribution in [0.5, 0.6) is 0 Å². The number of carboxylic acid groups (broad SMARTS) is 1. The molecule has 2 N–H and O–H groups in total. The van der Waals surface area contributed by atoms with Gasteiger partial charge < -0.3 is 10.4 Å². The van der Waals surface area contributed by atoms with Gasteiger partial charge in [-0.05, 0) is 43.5 Å². The largest absolute Gasteiger partial charge is 0.480 e. The molecule has 1 aromatic carbocycles. The Balaban J connectivity index is 2.23. The Kier molecular flexibility index (Phi) is 5.04. The zero-order valence-corrected chi connectivity index (χ0v) is 13.7. The molecule has 0 aromatic heterocycles. The molecule has 1 aromatic rings. The lowest BCUT2D eigenvalue weighted by Gasteiger charge is -2.29. The highest BCUT2D eigenvalue weighted by atomic mass is 79.9. The second-order valence-electron chi connectivity index (χ2n) is 5.77. The van der Waals surface area contributed by atoms with Crippen LogP contribution in [0.4, 0.5) is 0 Å². The zero-order valence-electron chi connectivity index (χ0n) is 12.1. The fraction of sp³-hybridized carbons (Fsp3) is 0.500. The van der Waals surface area contributed by atoms with Crippen molar-refractivity contribution in [2.75, 3.05) is 0 Å². The molecule has 1 aliphatic carbocycles. The van der Waals surface area contributed by atoms with Crippen molar-refractivity contribution in [1.29, 1.82) is 0 Å². The number of carbonyl (C=O) groups excluding carboxylic acids is 1. The van der Waals surface area contributed by atoms with E-state index in [4.69, 9.17) is 0 Å². The molecule has 0 heterocycles. The number of halogens is 1. The van der Waals surface area contributed by atoms with Crippen LogP contribution in [0.1, 0.15) is 54.4 Å². The quantitative estimate of drug-likeness (QED) is 0.814. The molecule has 1 amide bonds. The van der Waals surface area contributed by atoms with Crippen molar-refractivity contribution in [3.8, 4) is 0 Å². The van der Waals surface area contributed by atoms with E-state index in [1.54, 1.807) is 12.1 Å². The number of hydrogen-bond donors (Lipinski definition) is 2. The van der Waals surface area contributed by atoms with Gasteiger partial charge in [-0.3, -0.25) is 4.79 Å². The highest BCUT2D eigenvalue weighted by Crippen LogP contribution is 2.28. The molecule has 114 valence electrons. The van der Waals surface area contributed by atoms with Gasteiger partial charge in [0.15, 0.2) is 0 Å². The zero-order chi connectivity index (χ0) is 15.5. The molecule has 0 aliphatic heterocycles. The van der Waals surface area contributed by atoms with Gasteiger partial charge in [0.05, 0.1) is 0 Å². The summed E-state index contributed by atoms with van der Waals surface area (Å²) in [6, 6.07) is 5.40. The highest BCUT2D eigenvalue weighted by Gasteiger charge is 2.40. The van der Waals surface area contributed by atoms with Crippen molar-refractivity contribution in [1.82, 2.24) is 5.32 Å². The molecule has 0 radical (unpaired) electrons. The lowest BCUT2D eigenvalue weighted by molar-refractivity contribution is -0.145. The fourth-order valence-corrected chi connectivity index (χ4v) is 3.49. The van der Waals surface area contributed by atoms with E-state index in [0.717, 1.165) is 35.7 Å². The molecule has 0 saturated heterocycles. The number of carbonyl (C=O) groups is 2. The molecule has 1 fully saturated rings. The number of amides is 1. The second kappa shape index (κ2) is 6.60. The van der Waals surface area contributed by atoms with Gasteiger partial charge in [-0.25, -0.2) is 4.79 Å². The van der Waals surface area contributed by atoms with Crippen LogP contribution in [0.15, 0.2) is 22.7 Å². The summed E-state index contributed by atoms with van der Waals surface area (Å²) < 4.78 is 0.817. The number of rotatable bonds is 3. The van der Waals surface area contributed by atoms with Crippen LogP contribution in [0.25, 0.3) is 0 Å². The minimum atomic E-state index is -1.12. The first-order valence-corrected chi connectivity index (χ1v) is 8.05. The fourth-order valence-electron chi connectivity index (χ4n) is 2.88. The molecule has 4 nitrogen and oxygen atoms in total. The Bertz CT molecular complexity index is 528. The predicted molar refractivity (Wildman–Crippen MR) is 84.4 cm³/mol. The maximum absolute atomic E-state index is 12.4. The predicted octanol–water partition coefficient (Wildman–Crippen LogP) is 3.66. The summed E-state index contributed by atoms with van der Waals surface area (Å²) in [5.74, 6) is -1.24. The Hall–Kier alpha value is -1.36. The minimum Gasteiger partial charge on any atom is -0.480 e. The third kappa shape index (κ3) is 3.84. The number of carboxylic acids is 1. The molecule has 0 unspecified atom stereocenters. The summed E-state index contributed by atoms with van der Waals surface area (Å²) in [5, 5.41) is 12.4. The van der Waals surface area contributed by atoms with Gasteiger partial charge in [-0.2, -0.15) is 0 Å². The Morgan fingerprint density at radius 3 is 2.29 bits per heavy atom. The van der Waals surface area contributed by atoms with Crippen molar-refractivity contribution in [2.24, 2.45) is 0 Å². The van der Waals surface area contributed by atoms with E-state index in [1.165, 1.54) is 0 Å². The van der Waals surface area contributed by atoms with E-state index in [1.807, 2.05) is 13.0 Å². The minimum absolute atomic E-state index is 0.316. The summed E-state index contributed by atoms with van der Waals surface area (Å²) in [5.41, 5.74) is 0.329. The average Bonchev–Trinajstić information content (AvgIpc) is 2.64. The van der Waals surface area contributed by atoms with Crippen molar-refractivity contribution in [3.05, 3.63) is 33.8 Å². The average molecular weight is 354 g/mol. The summed E-state index contributed by atoms with van der Waals surface area (Å²) in [7, 11) is 0. The van der Waals surface area contributed by atoms with Crippen LogP contribution in [-0.4, -0.2) is 22.5 Å². The number of hydrogen-bond acceptors (Lipinski definition) is 2. The second-order valence-corrected chi connectivity index (χ2v) is 6.69. The Labute approximate surface area is 133 Å². The van der Waals surface area contributed by atoms with Gasteiger partial charge in [-0.1, -0.05) is 41.6 Å². The maximum atomic E-state index is 12.4. The van der Waals surface area contributed by atoms with E-state index in [-0.39, 0.29) is 5.91 Å². The van der Waals surface area contributed by atoms with Crippen molar-refractivity contribution >= 4 is 27.8 Å². The first kappa shape index (κ1) is 16.0. The van der Waals surface area contributed by atoms with Gasteiger partial charge in [0.1, 0.15) is 5.54 Å². The van der Waals surface area contributed by atoms with Crippen LogP contribution in [0.3, 0.4) is 0 Å². The van der Waals surface area contributed by atoms with E-state index in [2.05, 4.69) is 21.2 Å². The van der Waals surface area contributed by atoms with Gasteiger partial charge in [-0.15, -0.1) is 0 Å². The van der Waals surface area contributed by atoms with Gasteiger partial charge in [0.2, 0.25) is 0 Å². The van der Waals surface area contributed by atoms with E-state index < -0.39 is 11.5 Å².